The Labute approximate surface area is 341 Å². The highest BCUT2D eigenvalue weighted by Crippen LogP contribution is 2.39. The van der Waals surface area contributed by atoms with Gasteiger partial charge in [-0.2, -0.15) is 0 Å². The fourth-order valence-electron chi connectivity index (χ4n) is 9.20. The van der Waals surface area contributed by atoms with Crippen molar-refractivity contribution in [3.63, 3.8) is 0 Å². The highest BCUT2D eigenvalue weighted by atomic mass is 15.1. The maximum atomic E-state index is 5.34. The molecule has 0 fully saturated rings. The van der Waals surface area contributed by atoms with Crippen LogP contribution in [0.2, 0.25) is 0 Å². The first-order valence-electron chi connectivity index (χ1n) is 20.1. The average Bonchev–Trinajstić information content (AvgIpc) is 3.98. The predicted molar refractivity (Wildman–Crippen MR) is 246 cm³/mol. The molecule has 3 heterocycles. The number of para-hydroxylation sites is 7. The first-order valence-corrected chi connectivity index (χ1v) is 20.1. The second-order valence-electron chi connectivity index (χ2n) is 15.2. The van der Waals surface area contributed by atoms with Crippen LogP contribution in [0.3, 0.4) is 0 Å². The van der Waals surface area contributed by atoms with Crippen LogP contribution in [0.15, 0.2) is 218 Å². The van der Waals surface area contributed by atoms with Crippen molar-refractivity contribution < 1.29 is 0 Å². The van der Waals surface area contributed by atoms with Crippen LogP contribution in [-0.2, 0) is 0 Å². The number of benzene rings is 9. The highest BCUT2D eigenvalue weighted by Gasteiger charge is 2.19. The SMILES string of the molecule is c1ccc(-n2c(-c3cc(-c4cccc(-n5c6ccccc6c6ccccc65)c4)cc(-c4cccc(-n5c6ccccc6c6ccccc65)c4)c3)nc3ccccc32)cc1. The summed E-state index contributed by atoms with van der Waals surface area (Å²) in [6, 6.07) is 78.7. The standard InChI is InChI=1S/C55H36N4/c1-2-18-42(19-3-1)59-54-31-13-8-26-49(54)56-55(59)41-33-39(37-16-14-20-43(35-37)57-50-27-9-4-22-45(50)46-23-5-10-28-51(46)57)32-40(34-41)38-17-15-21-44(36-38)58-52-29-11-6-24-47(52)48-25-7-12-30-53(48)58/h1-36H. The fraction of sp³-hybridized carbons (Fsp3) is 0. The zero-order chi connectivity index (χ0) is 38.9. The normalized spacial score (nSPS) is 11.7. The quantitative estimate of drug-likeness (QED) is 0.166. The number of hydrogen-bond donors (Lipinski definition) is 0. The van der Waals surface area contributed by atoms with E-state index < -0.39 is 0 Å². The van der Waals surface area contributed by atoms with E-state index in [0.29, 0.717) is 0 Å². The van der Waals surface area contributed by atoms with Crippen molar-refractivity contribution in [2.45, 2.75) is 0 Å². The van der Waals surface area contributed by atoms with Crippen molar-refractivity contribution in [1.29, 1.82) is 0 Å². The van der Waals surface area contributed by atoms with Gasteiger partial charge in [-0.1, -0.05) is 127 Å². The largest absolute Gasteiger partial charge is 0.309 e. The first-order chi connectivity index (χ1) is 29.3. The zero-order valence-electron chi connectivity index (χ0n) is 32.1. The molecule has 0 radical (unpaired) electrons. The number of hydrogen-bond acceptors (Lipinski definition) is 1. The molecular formula is C55H36N4. The van der Waals surface area contributed by atoms with E-state index in [1.807, 2.05) is 0 Å². The molecule has 276 valence electrons. The van der Waals surface area contributed by atoms with Crippen LogP contribution in [0.5, 0.6) is 0 Å². The van der Waals surface area contributed by atoms with Crippen LogP contribution in [0.1, 0.15) is 0 Å². The number of aromatic nitrogens is 4. The summed E-state index contributed by atoms with van der Waals surface area (Å²) < 4.78 is 7.08. The summed E-state index contributed by atoms with van der Waals surface area (Å²) in [5.41, 5.74) is 15.7. The van der Waals surface area contributed by atoms with Crippen molar-refractivity contribution in [3.05, 3.63) is 218 Å². The van der Waals surface area contributed by atoms with Gasteiger partial charge < -0.3 is 9.13 Å². The molecule has 9 aromatic carbocycles. The third kappa shape index (κ3) is 5.34. The molecule has 59 heavy (non-hydrogen) atoms. The van der Waals surface area contributed by atoms with E-state index in [-0.39, 0.29) is 0 Å². The van der Waals surface area contributed by atoms with Crippen molar-refractivity contribution >= 4 is 54.6 Å². The van der Waals surface area contributed by atoms with Crippen LogP contribution in [0.25, 0.3) is 105 Å². The second-order valence-corrected chi connectivity index (χ2v) is 15.2. The minimum absolute atomic E-state index is 0.901. The Bertz CT molecular complexity index is 3280. The Hall–Kier alpha value is -7.95. The maximum absolute atomic E-state index is 5.34. The smallest absolute Gasteiger partial charge is 0.145 e. The van der Waals surface area contributed by atoms with Gasteiger partial charge >= 0.3 is 0 Å². The lowest BCUT2D eigenvalue weighted by Gasteiger charge is -2.15. The lowest BCUT2D eigenvalue weighted by Crippen LogP contribution is -1.98. The summed E-state index contributed by atoms with van der Waals surface area (Å²) in [4.78, 5) is 5.34. The molecule has 12 rings (SSSR count). The van der Waals surface area contributed by atoms with Crippen LogP contribution < -0.4 is 0 Å². The molecule has 0 bridgehead atoms. The Morgan fingerprint density at radius 1 is 0.254 bits per heavy atom. The summed E-state index contributed by atoms with van der Waals surface area (Å²) in [5.74, 6) is 0.901. The molecule has 0 amide bonds. The molecule has 0 spiro atoms. The van der Waals surface area contributed by atoms with E-state index in [0.717, 1.165) is 61.7 Å². The van der Waals surface area contributed by atoms with Gasteiger partial charge in [0.25, 0.3) is 0 Å². The molecule has 12 aromatic rings. The molecule has 0 unspecified atom stereocenters. The third-order valence-electron chi connectivity index (χ3n) is 11.8. The molecule has 0 saturated heterocycles. The molecule has 0 aliphatic carbocycles. The van der Waals surface area contributed by atoms with Crippen molar-refractivity contribution in [2.75, 3.05) is 0 Å². The Morgan fingerprint density at radius 3 is 1.14 bits per heavy atom. The summed E-state index contributed by atoms with van der Waals surface area (Å²) >= 11 is 0. The molecular weight excluding hydrogens is 717 g/mol. The molecule has 0 aliphatic rings. The monoisotopic (exact) mass is 752 g/mol. The molecule has 0 N–H and O–H groups in total. The summed E-state index contributed by atoms with van der Waals surface area (Å²) in [5, 5.41) is 5.00. The fourth-order valence-corrected chi connectivity index (χ4v) is 9.20. The number of nitrogens with zero attached hydrogens (tertiary/aromatic N) is 4. The number of rotatable bonds is 6. The lowest BCUT2D eigenvalue weighted by molar-refractivity contribution is 1.10. The van der Waals surface area contributed by atoms with E-state index in [9.17, 15) is 0 Å². The Balaban J connectivity index is 1.09. The topological polar surface area (TPSA) is 27.7 Å². The molecule has 4 heteroatoms. The van der Waals surface area contributed by atoms with Crippen LogP contribution in [0, 0.1) is 0 Å². The van der Waals surface area contributed by atoms with Crippen LogP contribution in [0.4, 0.5) is 0 Å². The van der Waals surface area contributed by atoms with Crippen LogP contribution in [-0.4, -0.2) is 18.7 Å². The van der Waals surface area contributed by atoms with E-state index in [1.54, 1.807) is 0 Å². The zero-order valence-corrected chi connectivity index (χ0v) is 32.1. The van der Waals surface area contributed by atoms with Crippen molar-refractivity contribution in [3.8, 4) is 50.7 Å². The van der Waals surface area contributed by atoms with Gasteiger partial charge in [-0.05, 0) is 113 Å². The summed E-state index contributed by atoms with van der Waals surface area (Å²) in [6.45, 7) is 0. The van der Waals surface area contributed by atoms with E-state index in [4.69, 9.17) is 4.98 Å². The number of fused-ring (bicyclic) bond motifs is 7. The lowest BCUT2D eigenvalue weighted by atomic mass is 9.95. The maximum Gasteiger partial charge on any atom is 0.145 e. The first kappa shape index (κ1) is 33.2. The van der Waals surface area contributed by atoms with E-state index in [1.165, 1.54) is 43.6 Å². The number of imidazole rings is 1. The molecule has 3 aromatic heterocycles. The molecule has 4 nitrogen and oxygen atoms in total. The van der Waals surface area contributed by atoms with Gasteiger partial charge in [-0.3, -0.25) is 4.57 Å². The van der Waals surface area contributed by atoms with Gasteiger partial charge in [-0.15, -0.1) is 0 Å². The van der Waals surface area contributed by atoms with E-state index in [2.05, 4.69) is 232 Å². The summed E-state index contributed by atoms with van der Waals surface area (Å²) in [6.07, 6.45) is 0. The van der Waals surface area contributed by atoms with Gasteiger partial charge in [0.05, 0.1) is 33.1 Å². The molecule has 0 saturated carbocycles. The predicted octanol–water partition coefficient (Wildman–Crippen LogP) is 14.2. The minimum atomic E-state index is 0.901. The van der Waals surface area contributed by atoms with Crippen molar-refractivity contribution in [2.24, 2.45) is 0 Å². The van der Waals surface area contributed by atoms with Gasteiger partial charge in [0.2, 0.25) is 0 Å². The average molecular weight is 753 g/mol. The Kier molecular flexibility index (Phi) is 7.50. The third-order valence-corrected chi connectivity index (χ3v) is 11.8. The minimum Gasteiger partial charge on any atom is -0.309 e. The van der Waals surface area contributed by atoms with Gasteiger partial charge in [-0.25, -0.2) is 4.98 Å². The van der Waals surface area contributed by atoms with Crippen molar-refractivity contribution in [1.82, 2.24) is 18.7 Å². The second kappa shape index (κ2) is 13.3. The summed E-state index contributed by atoms with van der Waals surface area (Å²) in [7, 11) is 0. The molecule has 0 atom stereocenters. The Morgan fingerprint density at radius 2 is 0.644 bits per heavy atom. The van der Waals surface area contributed by atoms with Gasteiger partial charge in [0.1, 0.15) is 5.82 Å². The van der Waals surface area contributed by atoms with Gasteiger partial charge in [0, 0.05) is 44.2 Å². The van der Waals surface area contributed by atoms with Crippen LogP contribution >= 0.6 is 0 Å². The molecule has 0 aliphatic heterocycles. The van der Waals surface area contributed by atoms with Gasteiger partial charge in [0.15, 0.2) is 0 Å². The highest BCUT2D eigenvalue weighted by molar-refractivity contribution is 6.10. The van der Waals surface area contributed by atoms with E-state index >= 15 is 0 Å².